The van der Waals surface area contributed by atoms with Gasteiger partial charge in [0, 0.05) is 25.7 Å². The molecule has 94 valence electrons. The van der Waals surface area contributed by atoms with Crippen LogP contribution in [0, 0.1) is 0 Å². The number of carbonyl (C=O) groups is 1. The summed E-state index contributed by atoms with van der Waals surface area (Å²) < 4.78 is 5.20. The zero-order valence-corrected chi connectivity index (χ0v) is 11.0. The van der Waals surface area contributed by atoms with Gasteiger partial charge in [0.2, 0.25) is 0 Å². The Hall–Kier alpha value is -1.07. The first kappa shape index (κ1) is 12.4. The van der Waals surface area contributed by atoms with Crippen molar-refractivity contribution in [2.45, 2.75) is 19.4 Å². The second kappa shape index (κ2) is 5.51. The number of rotatable bonds is 2. The minimum absolute atomic E-state index is 0.0905. The van der Waals surface area contributed by atoms with Gasteiger partial charge in [-0.1, -0.05) is 0 Å². The molecule has 1 unspecified atom stereocenters. The summed E-state index contributed by atoms with van der Waals surface area (Å²) in [5.41, 5.74) is 0. The highest BCUT2D eigenvalue weighted by Crippen LogP contribution is 2.26. The van der Waals surface area contributed by atoms with E-state index >= 15 is 0 Å². The highest BCUT2D eigenvalue weighted by Gasteiger charge is 2.22. The fraction of sp³-hybridized carbons (Fsp3) is 0.583. The molecule has 5 heteroatoms. The zero-order valence-electron chi connectivity index (χ0n) is 10.2. The number of nitrogens with one attached hydrogen (secondary N) is 1. The van der Waals surface area contributed by atoms with Gasteiger partial charge >= 0.3 is 0 Å². The van der Waals surface area contributed by atoms with E-state index in [-0.39, 0.29) is 5.91 Å². The monoisotopic (exact) mass is 254 g/mol. The Labute approximate surface area is 106 Å². The Morgan fingerprint density at radius 2 is 2.41 bits per heavy atom. The maximum Gasteiger partial charge on any atom is 0.267 e. The van der Waals surface area contributed by atoms with Gasteiger partial charge in [-0.15, -0.1) is 11.3 Å². The molecule has 1 saturated heterocycles. The van der Waals surface area contributed by atoms with Crippen LogP contribution in [0.2, 0.25) is 0 Å². The topological polar surface area (TPSA) is 41.6 Å². The summed E-state index contributed by atoms with van der Waals surface area (Å²) in [7, 11) is 1.60. The maximum atomic E-state index is 12.3. The van der Waals surface area contributed by atoms with Crippen molar-refractivity contribution in [3.05, 3.63) is 16.3 Å². The largest absolute Gasteiger partial charge is 0.495 e. The van der Waals surface area contributed by atoms with Crippen LogP contribution in [-0.2, 0) is 0 Å². The summed E-state index contributed by atoms with van der Waals surface area (Å²) in [5, 5.41) is 5.28. The van der Waals surface area contributed by atoms with Gasteiger partial charge in [0.25, 0.3) is 5.91 Å². The van der Waals surface area contributed by atoms with Crippen molar-refractivity contribution in [1.82, 2.24) is 10.2 Å². The molecule has 2 heterocycles. The highest BCUT2D eigenvalue weighted by atomic mass is 32.1. The van der Waals surface area contributed by atoms with E-state index in [1.54, 1.807) is 7.11 Å². The average molecular weight is 254 g/mol. The fourth-order valence-corrected chi connectivity index (χ4v) is 2.80. The van der Waals surface area contributed by atoms with Crippen LogP contribution in [0.15, 0.2) is 11.4 Å². The number of methoxy groups -OCH3 is 1. The third-order valence-electron chi connectivity index (χ3n) is 3.04. The molecular weight excluding hydrogens is 236 g/mol. The predicted octanol–water partition coefficient (Wildman–Crippen LogP) is 1.58. The van der Waals surface area contributed by atoms with E-state index < -0.39 is 0 Å². The molecule has 1 aliphatic heterocycles. The van der Waals surface area contributed by atoms with Crippen molar-refractivity contribution < 1.29 is 9.53 Å². The van der Waals surface area contributed by atoms with E-state index in [2.05, 4.69) is 12.2 Å². The molecule has 0 radical (unpaired) electrons. The molecule has 17 heavy (non-hydrogen) atoms. The number of nitrogens with zero attached hydrogens (tertiary/aromatic N) is 1. The summed E-state index contributed by atoms with van der Waals surface area (Å²) in [5.74, 6) is 0.776. The lowest BCUT2D eigenvalue weighted by Gasteiger charge is -2.19. The van der Waals surface area contributed by atoms with Gasteiger partial charge in [-0.3, -0.25) is 4.79 Å². The molecule has 0 bridgehead atoms. The van der Waals surface area contributed by atoms with Crippen LogP contribution in [0.25, 0.3) is 0 Å². The quantitative estimate of drug-likeness (QED) is 0.871. The molecular formula is C12H18N2O2S. The van der Waals surface area contributed by atoms with E-state index in [1.165, 1.54) is 11.3 Å². The lowest BCUT2D eigenvalue weighted by Crippen LogP contribution is -2.34. The second-order valence-corrected chi connectivity index (χ2v) is 5.17. The Bertz CT molecular complexity index is 392. The van der Waals surface area contributed by atoms with Crippen molar-refractivity contribution in [1.29, 1.82) is 0 Å². The number of amides is 1. The molecule has 1 N–H and O–H groups in total. The summed E-state index contributed by atoms with van der Waals surface area (Å²) >= 11 is 1.45. The normalized spacial score (nSPS) is 21.1. The second-order valence-electron chi connectivity index (χ2n) is 4.25. The summed E-state index contributed by atoms with van der Waals surface area (Å²) in [4.78, 5) is 14.9. The number of hydrogen-bond acceptors (Lipinski definition) is 4. The molecule has 1 fully saturated rings. The summed E-state index contributed by atoms with van der Waals surface area (Å²) in [6.45, 7) is 4.60. The average Bonchev–Trinajstić information content (AvgIpc) is 2.70. The lowest BCUT2D eigenvalue weighted by atomic mass is 10.2. The van der Waals surface area contributed by atoms with Crippen LogP contribution in [0.4, 0.5) is 0 Å². The van der Waals surface area contributed by atoms with Crippen molar-refractivity contribution >= 4 is 17.2 Å². The van der Waals surface area contributed by atoms with Crippen molar-refractivity contribution in [2.24, 2.45) is 0 Å². The molecule has 0 aliphatic carbocycles. The Morgan fingerprint density at radius 3 is 3.18 bits per heavy atom. The van der Waals surface area contributed by atoms with Crippen LogP contribution in [0.3, 0.4) is 0 Å². The smallest absolute Gasteiger partial charge is 0.267 e. The Morgan fingerprint density at radius 1 is 1.59 bits per heavy atom. The lowest BCUT2D eigenvalue weighted by molar-refractivity contribution is 0.0767. The van der Waals surface area contributed by atoms with Crippen molar-refractivity contribution in [3.63, 3.8) is 0 Å². The summed E-state index contributed by atoms with van der Waals surface area (Å²) in [6.07, 6.45) is 0.999. The molecule has 1 atom stereocenters. The van der Waals surface area contributed by atoms with Crippen LogP contribution in [0.1, 0.15) is 23.0 Å². The van der Waals surface area contributed by atoms with Gasteiger partial charge in [0.05, 0.1) is 7.11 Å². The van der Waals surface area contributed by atoms with Crippen molar-refractivity contribution in [3.8, 4) is 5.75 Å². The SMILES string of the molecule is COc1ccsc1C(=O)N1CCNC(C)CC1. The Balaban J connectivity index is 2.09. The van der Waals surface area contributed by atoms with E-state index in [9.17, 15) is 4.79 Å². The molecule has 1 aromatic heterocycles. The van der Waals surface area contributed by atoms with E-state index in [0.29, 0.717) is 16.7 Å². The number of ether oxygens (including phenoxy) is 1. The van der Waals surface area contributed by atoms with Gasteiger partial charge in [-0.2, -0.15) is 0 Å². The molecule has 1 amide bonds. The molecule has 0 aromatic carbocycles. The van der Waals surface area contributed by atoms with Crippen LogP contribution in [-0.4, -0.2) is 43.6 Å². The molecule has 1 aliphatic rings. The molecule has 1 aromatic rings. The van der Waals surface area contributed by atoms with Gasteiger partial charge in [0.15, 0.2) is 0 Å². The van der Waals surface area contributed by atoms with Crippen LogP contribution < -0.4 is 10.1 Å². The number of carbonyl (C=O) groups excluding carboxylic acids is 1. The summed E-state index contributed by atoms with van der Waals surface area (Å²) in [6, 6.07) is 2.33. The van der Waals surface area contributed by atoms with E-state index in [0.717, 1.165) is 26.1 Å². The standard InChI is InChI=1S/C12H18N2O2S/c1-9-3-6-14(7-5-13-9)12(15)11-10(16-2)4-8-17-11/h4,8-9,13H,3,5-7H2,1-2H3. The van der Waals surface area contributed by atoms with Gasteiger partial charge in [-0.25, -0.2) is 0 Å². The maximum absolute atomic E-state index is 12.3. The first-order chi connectivity index (χ1) is 8.22. The van der Waals surface area contributed by atoms with Gasteiger partial charge < -0.3 is 15.0 Å². The van der Waals surface area contributed by atoms with E-state index in [4.69, 9.17) is 4.74 Å². The highest BCUT2D eigenvalue weighted by molar-refractivity contribution is 7.12. The molecule has 0 saturated carbocycles. The third kappa shape index (κ3) is 2.79. The number of hydrogen-bond donors (Lipinski definition) is 1. The van der Waals surface area contributed by atoms with Crippen LogP contribution >= 0.6 is 11.3 Å². The van der Waals surface area contributed by atoms with E-state index in [1.807, 2.05) is 16.3 Å². The van der Waals surface area contributed by atoms with Gasteiger partial charge in [-0.05, 0) is 24.8 Å². The first-order valence-corrected chi connectivity index (χ1v) is 6.74. The zero-order chi connectivity index (χ0) is 12.3. The molecule has 4 nitrogen and oxygen atoms in total. The van der Waals surface area contributed by atoms with Crippen molar-refractivity contribution in [2.75, 3.05) is 26.7 Å². The number of thiophene rings is 1. The molecule has 0 spiro atoms. The minimum atomic E-state index is 0.0905. The minimum Gasteiger partial charge on any atom is -0.495 e. The molecule has 2 rings (SSSR count). The third-order valence-corrected chi connectivity index (χ3v) is 3.92. The predicted molar refractivity (Wildman–Crippen MR) is 68.9 cm³/mol. The van der Waals surface area contributed by atoms with Crippen LogP contribution in [0.5, 0.6) is 5.75 Å². The Kier molecular flexibility index (Phi) is 4.02. The first-order valence-electron chi connectivity index (χ1n) is 5.86. The fourth-order valence-electron chi connectivity index (χ4n) is 1.97. The van der Waals surface area contributed by atoms with Gasteiger partial charge in [0.1, 0.15) is 10.6 Å².